The summed E-state index contributed by atoms with van der Waals surface area (Å²) in [4.78, 5) is 11.0. The van der Waals surface area contributed by atoms with Gasteiger partial charge < -0.3 is 5.73 Å². The van der Waals surface area contributed by atoms with E-state index in [0.29, 0.717) is 6.42 Å². The first-order valence-electron chi connectivity index (χ1n) is 5.04. The van der Waals surface area contributed by atoms with E-state index < -0.39 is 0 Å². The second-order valence-electron chi connectivity index (χ2n) is 2.93. The Balaban J connectivity index is 0.000000364. The van der Waals surface area contributed by atoms with E-state index in [1.165, 1.54) is 0 Å². The third-order valence-electron chi connectivity index (χ3n) is 1.71. The lowest BCUT2D eigenvalue weighted by atomic mass is 10.1. The molecule has 1 rings (SSSR count). The zero-order valence-corrected chi connectivity index (χ0v) is 8.99. The lowest BCUT2D eigenvalue weighted by Gasteiger charge is -1.93. The van der Waals surface area contributed by atoms with Crippen molar-refractivity contribution in [2.24, 2.45) is 5.73 Å². The number of nitrogens with two attached hydrogens (primary N) is 1. The highest BCUT2D eigenvalue weighted by atomic mass is 16.1. The van der Waals surface area contributed by atoms with E-state index in [2.05, 4.69) is 6.92 Å². The summed E-state index contributed by atoms with van der Waals surface area (Å²) in [6.07, 6.45) is 1.68. The van der Waals surface area contributed by atoms with Gasteiger partial charge in [-0.2, -0.15) is 0 Å². The van der Waals surface area contributed by atoms with Crippen LogP contribution >= 0.6 is 0 Å². The fraction of sp³-hybridized carbons (Fsp3) is 0.417. The second-order valence-corrected chi connectivity index (χ2v) is 2.93. The maximum Gasteiger partial charge on any atom is 0.162 e. The summed E-state index contributed by atoms with van der Waals surface area (Å²) >= 11 is 0. The molecule has 0 saturated heterocycles. The molecule has 78 valence electrons. The molecule has 0 aliphatic heterocycles. The van der Waals surface area contributed by atoms with Crippen LogP contribution in [0.4, 0.5) is 0 Å². The molecule has 0 spiro atoms. The molecule has 0 fully saturated rings. The average molecular weight is 193 g/mol. The maximum absolute atomic E-state index is 11.0. The van der Waals surface area contributed by atoms with E-state index in [9.17, 15) is 4.79 Å². The molecule has 1 aromatic rings. The number of rotatable bonds is 3. The molecule has 2 N–H and O–H groups in total. The van der Waals surface area contributed by atoms with Gasteiger partial charge in [0, 0.05) is 12.0 Å². The van der Waals surface area contributed by atoms with Gasteiger partial charge in [-0.3, -0.25) is 4.79 Å². The van der Waals surface area contributed by atoms with Crippen LogP contribution in [0, 0.1) is 0 Å². The maximum atomic E-state index is 11.0. The summed E-state index contributed by atoms with van der Waals surface area (Å²) < 4.78 is 0. The Bertz CT molecular complexity index is 242. The molecule has 0 heterocycles. The van der Waals surface area contributed by atoms with E-state index in [1.54, 1.807) is 0 Å². The highest BCUT2D eigenvalue weighted by Crippen LogP contribution is 2.01. The second kappa shape index (κ2) is 8.45. The zero-order chi connectivity index (χ0) is 10.8. The lowest BCUT2D eigenvalue weighted by molar-refractivity contribution is 0.0988. The van der Waals surface area contributed by atoms with E-state index in [-0.39, 0.29) is 5.78 Å². The Hall–Kier alpha value is -1.15. The summed E-state index contributed by atoms with van der Waals surface area (Å²) in [6, 6.07) is 9.34. The minimum atomic E-state index is 0.209. The highest BCUT2D eigenvalue weighted by Gasteiger charge is 1.98. The zero-order valence-electron chi connectivity index (χ0n) is 8.99. The quantitative estimate of drug-likeness (QED) is 0.750. The predicted octanol–water partition coefficient (Wildman–Crippen LogP) is 2.63. The molecule has 0 bridgehead atoms. The number of hydrogen-bond acceptors (Lipinski definition) is 2. The minimum Gasteiger partial charge on any atom is -0.330 e. The van der Waals surface area contributed by atoms with Crippen molar-refractivity contribution in [3.63, 3.8) is 0 Å². The molecule has 0 aliphatic rings. The van der Waals surface area contributed by atoms with Crippen LogP contribution in [-0.4, -0.2) is 12.3 Å². The van der Waals surface area contributed by atoms with Crippen LogP contribution in [0.15, 0.2) is 30.3 Å². The van der Waals surface area contributed by atoms with Crippen LogP contribution in [0.25, 0.3) is 0 Å². The number of carbonyl (C=O) groups is 1. The number of hydrogen-bond donors (Lipinski definition) is 1. The summed E-state index contributed by atoms with van der Waals surface area (Å²) in [6.45, 7) is 4.75. The average Bonchev–Trinajstić information content (AvgIpc) is 2.29. The largest absolute Gasteiger partial charge is 0.330 e. The van der Waals surface area contributed by atoms with Gasteiger partial charge in [0.1, 0.15) is 0 Å². The first-order chi connectivity index (χ1) is 6.76. The molecule has 2 heteroatoms. The molecule has 0 amide bonds. The monoisotopic (exact) mass is 193 g/mol. The van der Waals surface area contributed by atoms with Gasteiger partial charge in [-0.15, -0.1) is 0 Å². The Morgan fingerprint density at radius 3 is 2.07 bits per heavy atom. The van der Waals surface area contributed by atoms with Crippen LogP contribution in [-0.2, 0) is 0 Å². The van der Waals surface area contributed by atoms with Gasteiger partial charge >= 0.3 is 0 Å². The van der Waals surface area contributed by atoms with Gasteiger partial charge in [0.25, 0.3) is 0 Å². The normalized spacial score (nSPS) is 8.79. The lowest BCUT2D eigenvalue weighted by Crippen LogP contribution is -1.94. The predicted molar refractivity (Wildman–Crippen MR) is 60.4 cm³/mol. The van der Waals surface area contributed by atoms with Crippen LogP contribution in [0.2, 0.25) is 0 Å². The fourth-order valence-corrected chi connectivity index (χ4v) is 0.828. The number of Topliss-reactive ketones (excluding diaryl/α,β-unsaturated/α-hetero) is 1. The molecule has 0 saturated carbocycles. The van der Waals surface area contributed by atoms with Crippen LogP contribution in [0.5, 0.6) is 0 Å². The smallest absolute Gasteiger partial charge is 0.162 e. The Labute approximate surface area is 86.1 Å². The Morgan fingerprint density at radius 1 is 1.21 bits per heavy atom. The fourth-order valence-electron chi connectivity index (χ4n) is 0.828. The first kappa shape index (κ1) is 12.8. The van der Waals surface area contributed by atoms with Crippen molar-refractivity contribution < 1.29 is 4.79 Å². The van der Waals surface area contributed by atoms with Gasteiger partial charge in [0.05, 0.1) is 0 Å². The van der Waals surface area contributed by atoms with Crippen LogP contribution in [0.3, 0.4) is 0 Å². The highest BCUT2D eigenvalue weighted by molar-refractivity contribution is 5.95. The van der Waals surface area contributed by atoms with Gasteiger partial charge in [-0.1, -0.05) is 44.2 Å². The van der Waals surface area contributed by atoms with Crippen molar-refractivity contribution in [3.8, 4) is 0 Å². The molecular formula is C12H19NO. The van der Waals surface area contributed by atoms with Crippen LogP contribution in [0.1, 0.15) is 37.0 Å². The number of ketones is 1. The van der Waals surface area contributed by atoms with Crippen molar-refractivity contribution in [1.82, 2.24) is 0 Å². The minimum absolute atomic E-state index is 0.209. The van der Waals surface area contributed by atoms with E-state index >= 15 is 0 Å². The molecule has 0 aliphatic carbocycles. The number of benzene rings is 1. The standard InChI is InChI=1S/C9H10O.C3H9N/c1-2-9(10)8-6-4-3-5-7-8;1-2-3-4/h3-7H,2H2,1H3;2-4H2,1H3. The molecule has 14 heavy (non-hydrogen) atoms. The summed E-state index contributed by atoms with van der Waals surface area (Å²) in [7, 11) is 0. The van der Waals surface area contributed by atoms with Gasteiger partial charge in [0.2, 0.25) is 0 Å². The van der Waals surface area contributed by atoms with Gasteiger partial charge in [0.15, 0.2) is 5.78 Å². The molecular weight excluding hydrogens is 174 g/mol. The van der Waals surface area contributed by atoms with Crippen LogP contribution < -0.4 is 5.73 Å². The van der Waals surface area contributed by atoms with Crippen molar-refractivity contribution in [3.05, 3.63) is 35.9 Å². The molecule has 0 atom stereocenters. The first-order valence-corrected chi connectivity index (χ1v) is 5.04. The number of carbonyl (C=O) groups excluding carboxylic acids is 1. The topological polar surface area (TPSA) is 43.1 Å². The summed E-state index contributed by atoms with van der Waals surface area (Å²) in [5.74, 6) is 0.209. The van der Waals surface area contributed by atoms with Gasteiger partial charge in [-0.05, 0) is 13.0 Å². The van der Waals surface area contributed by atoms with E-state index in [1.807, 2.05) is 37.3 Å². The van der Waals surface area contributed by atoms with E-state index in [4.69, 9.17) is 5.73 Å². The Kier molecular flexibility index (Phi) is 7.75. The summed E-state index contributed by atoms with van der Waals surface area (Å²) in [5.41, 5.74) is 5.84. The molecule has 0 aromatic heterocycles. The molecule has 2 nitrogen and oxygen atoms in total. The van der Waals surface area contributed by atoms with E-state index in [0.717, 1.165) is 18.5 Å². The molecule has 0 radical (unpaired) electrons. The third-order valence-corrected chi connectivity index (χ3v) is 1.71. The van der Waals surface area contributed by atoms with Crippen molar-refractivity contribution in [2.45, 2.75) is 26.7 Å². The molecule has 0 unspecified atom stereocenters. The molecule has 1 aromatic carbocycles. The van der Waals surface area contributed by atoms with Crippen molar-refractivity contribution in [1.29, 1.82) is 0 Å². The third kappa shape index (κ3) is 5.49. The van der Waals surface area contributed by atoms with Crippen molar-refractivity contribution >= 4 is 5.78 Å². The van der Waals surface area contributed by atoms with Crippen molar-refractivity contribution in [2.75, 3.05) is 6.54 Å². The summed E-state index contributed by atoms with van der Waals surface area (Å²) in [5, 5.41) is 0. The Morgan fingerprint density at radius 2 is 1.71 bits per heavy atom. The SMILES string of the molecule is CCC(=O)c1ccccc1.CCCN. The van der Waals surface area contributed by atoms with Gasteiger partial charge in [-0.25, -0.2) is 0 Å².